The van der Waals surface area contributed by atoms with E-state index in [0.29, 0.717) is 25.1 Å². The third-order valence-electron chi connectivity index (χ3n) is 3.30. The number of urea groups is 1. The lowest BCUT2D eigenvalue weighted by atomic mass is 10.0. The molecule has 1 rings (SSSR count). The van der Waals surface area contributed by atoms with E-state index in [9.17, 15) is 14.4 Å². The number of carbonyl (C=O) groups excluding carboxylic acids is 2. The van der Waals surface area contributed by atoms with Crippen molar-refractivity contribution in [2.45, 2.75) is 37.8 Å². The van der Waals surface area contributed by atoms with Crippen LogP contribution in [-0.2, 0) is 9.59 Å². The van der Waals surface area contributed by atoms with Gasteiger partial charge in [0, 0.05) is 6.54 Å². The van der Waals surface area contributed by atoms with Gasteiger partial charge in [-0.05, 0) is 37.7 Å². The average molecular weight is 303 g/mol. The number of hydrogen-bond donors (Lipinski definition) is 3. The van der Waals surface area contributed by atoms with Gasteiger partial charge in [0.05, 0.1) is 0 Å². The van der Waals surface area contributed by atoms with Crippen molar-refractivity contribution in [3.05, 3.63) is 0 Å². The number of thioether (sulfide) groups is 1. The van der Waals surface area contributed by atoms with Crippen LogP contribution in [0.5, 0.6) is 0 Å². The van der Waals surface area contributed by atoms with Gasteiger partial charge in [-0.25, -0.2) is 9.59 Å². The van der Waals surface area contributed by atoms with E-state index in [2.05, 4.69) is 5.32 Å². The lowest BCUT2D eigenvalue weighted by Crippen LogP contribution is -2.56. The number of nitrogens with zero attached hydrogens (tertiary/aromatic N) is 1. The number of carbonyl (C=O) groups is 3. The highest BCUT2D eigenvalue weighted by molar-refractivity contribution is 7.98. The van der Waals surface area contributed by atoms with Crippen LogP contribution in [0.15, 0.2) is 0 Å². The van der Waals surface area contributed by atoms with Crippen molar-refractivity contribution in [3.63, 3.8) is 0 Å². The summed E-state index contributed by atoms with van der Waals surface area (Å²) in [6, 6.07) is -2.11. The third-order valence-corrected chi connectivity index (χ3v) is 3.94. The molecule has 0 aromatic rings. The van der Waals surface area contributed by atoms with Crippen molar-refractivity contribution in [3.8, 4) is 0 Å². The molecule has 1 fully saturated rings. The van der Waals surface area contributed by atoms with E-state index < -0.39 is 30.0 Å². The second kappa shape index (κ2) is 7.98. The van der Waals surface area contributed by atoms with E-state index in [0.717, 1.165) is 12.8 Å². The molecular formula is C12H21N3O4S. The number of nitrogens with one attached hydrogen (secondary N) is 1. The van der Waals surface area contributed by atoms with Crippen molar-refractivity contribution < 1.29 is 19.5 Å². The van der Waals surface area contributed by atoms with Crippen LogP contribution in [0, 0.1) is 0 Å². The number of aliphatic carboxylic acids is 1. The molecule has 2 atom stereocenters. The first-order chi connectivity index (χ1) is 9.47. The molecule has 1 heterocycles. The standard InChI is InChI=1S/C12H21N3O4S/c1-20-7-5-8(11(17)18)14-12(19)15-6-3-2-4-9(15)10(13)16/h8-9H,2-7H2,1H3,(H2,13,16)(H,14,19)(H,17,18)/t8-,9?/m0/s1. The molecule has 0 aromatic heterocycles. The summed E-state index contributed by atoms with van der Waals surface area (Å²) in [5, 5.41) is 11.6. The fourth-order valence-corrected chi connectivity index (χ4v) is 2.67. The fourth-order valence-electron chi connectivity index (χ4n) is 2.20. The molecule has 1 aliphatic rings. The molecule has 0 aromatic carbocycles. The van der Waals surface area contributed by atoms with Gasteiger partial charge in [-0.2, -0.15) is 11.8 Å². The van der Waals surface area contributed by atoms with Crippen molar-refractivity contribution in [2.24, 2.45) is 5.73 Å². The van der Waals surface area contributed by atoms with Crippen LogP contribution in [0.25, 0.3) is 0 Å². The van der Waals surface area contributed by atoms with Gasteiger partial charge in [0.1, 0.15) is 12.1 Å². The molecule has 3 amide bonds. The van der Waals surface area contributed by atoms with E-state index >= 15 is 0 Å². The number of primary amides is 1. The predicted molar refractivity (Wildman–Crippen MR) is 76.5 cm³/mol. The zero-order valence-corrected chi connectivity index (χ0v) is 12.3. The van der Waals surface area contributed by atoms with Crippen LogP contribution in [0.2, 0.25) is 0 Å². The van der Waals surface area contributed by atoms with Crippen LogP contribution in [0.1, 0.15) is 25.7 Å². The molecule has 4 N–H and O–H groups in total. The molecule has 114 valence electrons. The van der Waals surface area contributed by atoms with Gasteiger partial charge in [-0.15, -0.1) is 0 Å². The second-order valence-electron chi connectivity index (χ2n) is 4.73. The van der Waals surface area contributed by atoms with E-state index in [1.807, 2.05) is 6.26 Å². The highest BCUT2D eigenvalue weighted by atomic mass is 32.2. The summed E-state index contributed by atoms with van der Waals surface area (Å²) < 4.78 is 0. The quantitative estimate of drug-likeness (QED) is 0.650. The Balaban J connectivity index is 2.66. The molecule has 1 saturated heterocycles. The monoisotopic (exact) mass is 303 g/mol. The Kier molecular flexibility index (Phi) is 6.63. The number of hydrogen-bond acceptors (Lipinski definition) is 4. The molecule has 8 heteroatoms. The predicted octanol–water partition coefficient (Wildman–Crippen LogP) is 0.242. The first-order valence-electron chi connectivity index (χ1n) is 6.55. The maximum absolute atomic E-state index is 12.1. The Hall–Kier alpha value is -1.44. The van der Waals surface area contributed by atoms with Crippen LogP contribution >= 0.6 is 11.8 Å². The molecule has 7 nitrogen and oxygen atoms in total. The summed E-state index contributed by atoms with van der Waals surface area (Å²) in [5.74, 6) is -0.980. The van der Waals surface area contributed by atoms with Crippen molar-refractivity contribution in [1.29, 1.82) is 0 Å². The van der Waals surface area contributed by atoms with E-state index in [-0.39, 0.29) is 0 Å². The lowest BCUT2D eigenvalue weighted by Gasteiger charge is -2.34. The van der Waals surface area contributed by atoms with Crippen molar-refractivity contribution in [1.82, 2.24) is 10.2 Å². The van der Waals surface area contributed by atoms with Gasteiger partial charge in [-0.1, -0.05) is 0 Å². The topological polar surface area (TPSA) is 113 Å². The van der Waals surface area contributed by atoms with E-state index in [1.165, 1.54) is 16.7 Å². The number of likely N-dealkylation sites (tertiary alicyclic amines) is 1. The Labute approximate surface area is 122 Å². The minimum atomic E-state index is -1.07. The first-order valence-corrected chi connectivity index (χ1v) is 7.95. The van der Waals surface area contributed by atoms with Gasteiger partial charge in [0.2, 0.25) is 5.91 Å². The van der Waals surface area contributed by atoms with Crippen LogP contribution < -0.4 is 11.1 Å². The number of piperidine rings is 1. The van der Waals surface area contributed by atoms with E-state index in [4.69, 9.17) is 10.8 Å². The Morgan fingerprint density at radius 2 is 2.15 bits per heavy atom. The van der Waals surface area contributed by atoms with Crippen LogP contribution in [0.3, 0.4) is 0 Å². The molecule has 0 radical (unpaired) electrons. The highest BCUT2D eigenvalue weighted by Crippen LogP contribution is 2.17. The molecular weight excluding hydrogens is 282 g/mol. The second-order valence-corrected chi connectivity index (χ2v) is 5.71. The highest BCUT2D eigenvalue weighted by Gasteiger charge is 2.32. The number of nitrogens with two attached hydrogens (primary N) is 1. The fraction of sp³-hybridized carbons (Fsp3) is 0.750. The summed E-state index contributed by atoms with van der Waals surface area (Å²) >= 11 is 1.51. The smallest absolute Gasteiger partial charge is 0.326 e. The first kappa shape index (κ1) is 16.6. The zero-order chi connectivity index (χ0) is 15.1. The van der Waals surface area contributed by atoms with Crippen LogP contribution in [-0.4, -0.2) is 58.6 Å². The van der Waals surface area contributed by atoms with Gasteiger partial charge < -0.3 is 21.1 Å². The molecule has 0 spiro atoms. The van der Waals surface area contributed by atoms with Crippen molar-refractivity contribution in [2.75, 3.05) is 18.6 Å². The Morgan fingerprint density at radius 1 is 1.45 bits per heavy atom. The number of rotatable bonds is 6. The Bertz CT molecular complexity index is 378. The summed E-state index contributed by atoms with van der Waals surface area (Å²) in [6.07, 6.45) is 4.38. The maximum atomic E-state index is 12.1. The number of amides is 3. The largest absolute Gasteiger partial charge is 0.480 e. The summed E-state index contributed by atoms with van der Waals surface area (Å²) in [7, 11) is 0. The average Bonchev–Trinajstić information content (AvgIpc) is 2.42. The van der Waals surface area contributed by atoms with Gasteiger partial charge in [-0.3, -0.25) is 4.79 Å². The zero-order valence-electron chi connectivity index (χ0n) is 11.5. The molecule has 20 heavy (non-hydrogen) atoms. The Morgan fingerprint density at radius 3 is 2.70 bits per heavy atom. The lowest BCUT2D eigenvalue weighted by molar-refractivity contribution is -0.139. The minimum Gasteiger partial charge on any atom is -0.480 e. The van der Waals surface area contributed by atoms with Gasteiger partial charge in [0.15, 0.2) is 0 Å². The minimum absolute atomic E-state index is 0.345. The third kappa shape index (κ3) is 4.59. The summed E-state index contributed by atoms with van der Waals surface area (Å²) in [6.45, 7) is 0.425. The van der Waals surface area contributed by atoms with Gasteiger partial charge in [0.25, 0.3) is 0 Å². The SMILES string of the molecule is CSCC[C@H](NC(=O)N1CCCCC1C(N)=O)C(=O)O. The molecule has 0 saturated carbocycles. The van der Waals surface area contributed by atoms with Gasteiger partial charge >= 0.3 is 12.0 Å². The maximum Gasteiger partial charge on any atom is 0.326 e. The molecule has 1 unspecified atom stereocenters. The van der Waals surface area contributed by atoms with Crippen LogP contribution in [0.4, 0.5) is 4.79 Å². The molecule has 0 aliphatic carbocycles. The van der Waals surface area contributed by atoms with E-state index in [1.54, 1.807) is 0 Å². The summed E-state index contributed by atoms with van der Waals surface area (Å²) in [4.78, 5) is 35.9. The number of carboxylic acids is 1. The number of carboxylic acid groups (broad SMARTS) is 1. The normalized spacial score (nSPS) is 20.2. The molecule has 0 bridgehead atoms. The van der Waals surface area contributed by atoms with Crippen molar-refractivity contribution >= 4 is 29.7 Å². The molecule has 1 aliphatic heterocycles. The summed E-state index contributed by atoms with van der Waals surface area (Å²) in [5.41, 5.74) is 5.29.